The van der Waals surface area contributed by atoms with E-state index < -0.39 is 0 Å². The van der Waals surface area contributed by atoms with Gasteiger partial charge in [0, 0.05) is 17.3 Å². The Morgan fingerprint density at radius 2 is 1.95 bits per heavy atom. The van der Waals surface area contributed by atoms with E-state index in [1.807, 2.05) is 6.92 Å². The third kappa shape index (κ3) is 2.81. The molecule has 0 fully saturated rings. The third-order valence-corrected chi connectivity index (χ3v) is 3.04. The average molecular weight is 279 g/mol. The van der Waals surface area contributed by atoms with Gasteiger partial charge >= 0.3 is 0 Å². The fourth-order valence-electron chi connectivity index (χ4n) is 1.89. The van der Waals surface area contributed by atoms with E-state index >= 15 is 0 Å². The van der Waals surface area contributed by atoms with Crippen molar-refractivity contribution in [2.24, 2.45) is 0 Å². The van der Waals surface area contributed by atoms with Crippen LogP contribution in [0, 0.1) is 6.92 Å². The summed E-state index contributed by atoms with van der Waals surface area (Å²) in [6.07, 6.45) is 1.41. The summed E-state index contributed by atoms with van der Waals surface area (Å²) in [5.41, 5.74) is 2.42. The molecular formula is C13H15ClN4O. The minimum absolute atomic E-state index is 0.279. The van der Waals surface area contributed by atoms with Crippen LogP contribution >= 0.6 is 11.6 Å². The molecule has 0 aliphatic carbocycles. The maximum atomic E-state index is 6.23. The summed E-state index contributed by atoms with van der Waals surface area (Å²) in [6, 6.07) is 1.68. The van der Waals surface area contributed by atoms with Crippen molar-refractivity contribution in [2.75, 3.05) is 7.11 Å². The second kappa shape index (κ2) is 5.48. The normalized spacial score (nSPS) is 10.8. The van der Waals surface area contributed by atoms with Gasteiger partial charge in [-0.3, -0.25) is 0 Å². The quantitative estimate of drug-likeness (QED) is 0.808. The van der Waals surface area contributed by atoms with Gasteiger partial charge in [-0.15, -0.1) is 0 Å². The molecule has 2 aromatic heterocycles. The summed E-state index contributed by atoms with van der Waals surface area (Å²) in [5.74, 6) is 1.23. The second-order valence-corrected chi connectivity index (χ2v) is 4.80. The summed E-state index contributed by atoms with van der Waals surface area (Å²) in [6.45, 7) is 6.04. The van der Waals surface area contributed by atoms with Gasteiger partial charge in [0.25, 0.3) is 0 Å². The highest BCUT2D eigenvalue weighted by Gasteiger charge is 2.15. The van der Waals surface area contributed by atoms with Crippen LogP contribution < -0.4 is 4.74 Å². The van der Waals surface area contributed by atoms with E-state index in [4.69, 9.17) is 16.3 Å². The Kier molecular flexibility index (Phi) is 3.95. The highest BCUT2D eigenvalue weighted by Crippen LogP contribution is 2.27. The molecular weight excluding hydrogens is 264 g/mol. The van der Waals surface area contributed by atoms with Gasteiger partial charge < -0.3 is 4.74 Å². The summed E-state index contributed by atoms with van der Waals surface area (Å²) < 4.78 is 5.06. The topological polar surface area (TPSA) is 60.8 Å². The van der Waals surface area contributed by atoms with Gasteiger partial charge in [0.15, 0.2) is 5.82 Å². The van der Waals surface area contributed by atoms with Crippen molar-refractivity contribution >= 4 is 11.6 Å². The average Bonchev–Trinajstić information content (AvgIpc) is 2.37. The van der Waals surface area contributed by atoms with Crippen LogP contribution in [0.25, 0.3) is 11.5 Å². The van der Waals surface area contributed by atoms with Gasteiger partial charge in [0.1, 0.15) is 17.2 Å². The zero-order valence-corrected chi connectivity index (χ0v) is 12.1. The van der Waals surface area contributed by atoms with Crippen LogP contribution in [0.1, 0.15) is 31.0 Å². The van der Waals surface area contributed by atoms with Crippen LogP contribution in [0.15, 0.2) is 12.4 Å². The summed E-state index contributed by atoms with van der Waals surface area (Å²) >= 11 is 6.23. The molecule has 0 spiro atoms. The van der Waals surface area contributed by atoms with E-state index in [-0.39, 0.29) is 5.92 Å². The van der Waals surface area contributed by atoms with Crippen LogP contribution in [0.4, 0.5) is 0 Å². The number of methoxy groups -OCH3 is 1. The first-order valence-corrected chi connectivity index (χ1v) is 6.31. The Hall–Kier alpha value is -1.75. The van der Waals surface area contributed by atoms with Crippen LogP contribution in [0.2, 0.25) is 5.15 Å². The number of nitrogens with zero attached hydrogens (tertiary/aromatic N) is 4. The lowest BCUT2D eigenvalue weighted by Gasteiger charge is -2.12. The van der Waals surface area contributed by atoms with Gasteiger partial charge in [-0.1, -0.05) is 25.4 Å². The Morgan fingerprint density at radius 3 is 2.53 bits per heavy atom. The predicted molar refractivity (Wildman–Crippen MR) is 73.4 cm³/mol. The van der Waals surface area contributed by atoms with Crippen LogP contribution in [0.3, 0.4) is 0 Å². The minimum atomic E-state index is 0.279. The molecule has 0 atom stereocenters. The molecule has 0 bridgehead atoms. The molecule has 2 heterocycles. The first-order chi connectivity index (χ1) is 9.02. The molecule has 0 saturated heterocycles. The molecule has 0 unspecified atom stereocenters. The van der Waals surface area contributed by atoms with Gasteiger partial charge in [-0.05, 0) is 12.8 Å². The van der Waals surface area contributed by atoms with Crippen molar-refractivity contribution in [3.63, 3.8) is 0 Å². The maximum absolute atomic E-state index is 6.23. The first-order valence-electron chi connectivity index (χ1n) is 5.93. The molecule has 100 valence electrons. The van der Waals surface area contributed by atoms with Crippen molar-refractivity contribution in [1.29, 1.82) is 0 Å². The van der Waals surface area contributed by atoms with Crippen molar-refractivity contribution in [3.8, 4) is 17.4 Å². The summed E-state index contributed by atoms with van der Waals surface area (Å²) in [4.78, 5) is 16.9. The van der Waals surface area contributed by atoms with Gasteiger partial charge in [0.2, 0.25) is 5.88 Å². The molecule has 0 aromatic carbocycles. The van der Waals surface area contributed by atoms with E-state index in [9.17, 15) is 0 Å². The molecule has 0 N–H and O–H groups in total. The van der Waals surface area contributed by atoms with E-state index in [0.717, 1.165) is 11.3 Å². The Labute approximate surface area is 117 Å². The molecule has 6 heteroatoms. The van der Waals surface area contributed by atoms with Crippen LogP contribution in [-0.2, 0) is 0 Å². The standard InChI is InChI=1S/C13H15ClN4O/c1-7(2)11-8(3)17-13(18-12(11)14)9-5-10(19-4)16-6-15-9/h5-7H,1-4H3. The van der Waals surface area contributed by atoms with Gasteiger partial charge in [-0.2, -0.15) is 0 Å². The fourth-order valence-corrected chi connectivity index (χ4v) is 2.33. The van der Waals surface area contributed by atoms with E-state index in [0.29, 0.717) is 22.6 Å². The van der Waals surface area contributed by atoms with Gasteiger partial charge in [0.05, 0.1) is 7.11 Å². The van der Waals surface area contributed by atoms with Gasteiger partial charge in [-0.25, -0.2) is 19.9 Å². The van der Waals surface area contributed by atoms with Crippen molar-refractivity contribution in [1.82, 2.24) is 19.9 Å². The SMILES string of the molecule is COc1cc(-c2nc(C)c(C(C)C)c(Cl)n2)ncn1. The molecule has 0 radical (unpaired) electrons. The fraction of sp³-hybridized carbons (Fsp3) is 0.385. The number of halogens is 1. The highest BCUT2D eigenvalue weighted by atomic mass is 35.5. The molecule has 2 aromatic rings. The number of aryl methyl sites for hydroxylation is 1. The smallest absolute Gasteiger partial charge is 0.216 e. The highest BCUT2D eigenvalue weighted by molar-refractivity contribution is 6.30. The molecule has 5 nitrogen and oxygen atoms in total. The molecule has 0 aliphatic rings. The molecule has 0 aliphatic heterocycles. The predicted octanol–water partition coefficient (Wildman–Crippen LogP) is 3.03. The summed E-state index contributed by atoms with van der Waals surface area (Å²) in [7, 11) is 1.55. The van der Waals surface area contributed by atoms with Crippen molar-refractivity contribution < 1.29 is 4.74 Å². The molecule has 2 rings (SSSR count). The van der Waals surface area contributed by atoms with Crippen molar-refractivity contribution in [2.45, 2.75) is 26.7 Å². The lowest BCUT2D eigenvalue weighted by atomic mass is 10.0. The van der Waals surface area contributed by atoms with E-state index in [1.165, 1.54) is 6.33 Å². The Balaban J connectivity index is 2.52. The van der Waals surface area contributed by atoms with Crippen molar-refractivity contribution in [3.05, 3.63) is 28.8 Å². The zero-order chi connectivity index (χ0) is 14.0. The Bertz CT molecular complexity index is 578. The van der Waals surface area contributed by atoms with Crippen LogP contribution in [-0.4, -0.2) is 27.0 Å². The number of hydrogen-bond donors (Lipinski definition) is 0. The maximum Gasteiger partial charge on any atom is 0.216 e. The second-order valence-electron chi connectivity index (χ2n) is 4.44. The number of ether oxygens (including phenoxy) is 1. The molecule has 0 amide bonds. The van der Waals surface area contributed by atoms with Crippen LogP contribution in [0.5, 0.6) is 5.88 Å². The largest absolute Gasteiger partial charge is 0.481 e. The number of hydrogen-bond acceptors (Lipinski definition) is 5. The Morgan fingerprint density at radius 1 is 1.21 bits per heavy atom. The lowest BCUT2D eigenvalue weighted by molar-refractivity contribution is 0.397. The number of rotatable bonds is 3. The molecule has 0 saturated carbocycles. The minimum Gasteiger partial charge on any atom is -0.481 e. The lowest BCUT2D eigenvalue weighted by Crippen LogP contribution is -2.03. The third-order valence-electron chi connectivity index (χ3n) is 2.75. The monoisotopic (exact) mass is 278 g/mol. The first kappa shape index (κ1) is 13.7. The van der Waals surface area contributed by atoms with E-state index in [1.54, 1.807) is 13.2 Å². The molecule has 19 heavy (non-hydrogen) atoms. The number of aromatic nitrogens is 4. The summed E-state index contributed by atoms with van der Waals surface area (Å²) in [5, 5.41) is 0.468. The van der Waals surface area contributed by atoms with E-state index in [2.05, 4.69) is 33.8 Å². The zero-order valence-electron chi connectivity index (χ0n) is 11.3.